The van der Waals surface area contributed by atoms with Gasteiger partial charge in [-0.3, -0.25) is 0 Å². The van der Waals surface area contributed by atoms with Gasteiger partial charge in [-0.1, -0.05) is 18.2 Å². The molecule has 19 heavy (non-hydrogen) atoms. The van der Waals surface area contributed by atoms with Crippen LogP contribution >= 0.6 is 0 Å². The summed E-state index contributed by atoms with van der Waals surface area (Å²) in [6.07, 6.45) is 0.545. The molecule has 2 rings (SSSR count). The van der Waals surface area contributed by atoms with Crippen LogP contribution in [0.25, 0.3) is 0 Å². The third-order valence-electron chi connectivity index (χ3n) is 3.17. The summed E-state index contributed by atoms with van der Waals surface area (Å²) in [4.78, 5) is 14.1. The summed E-state index contributed by atoms with van der Waals surface area (Å²) in [6.45, 7) is 6.54. The van der Waals surface area contributed by atoms with E-state index in [1.165, 1.54) is 5.69 Å². The average molecular weight is 262 g/mol. The van der Waals surface area contributed by atoms with Crippen LogP contribution in [0, 0.1) is 0 Å². The van der Waals surface area contributed by atoms with E-state index in [0.717, 1.165) is 18.5 Å². The molecule has 1 unspecified atom stereocenters. The van der Waals surface area contributed by atoms with Gasteiger partial charge in [0.2, 0.25) is 0 Å². The Morgan fingerprint density at radius 2 is 2.05 bits per heavy atom. The highest BCUT2D eigenvalue weighted by Gasteiger charge is 2.26. The number of nitrogens with one attached hydrogen (secondary N) is 1. The number of para-hydroxylation sites is 1. The highest BCUT2D eigenvalue weighted by atomic mass is 16.6. The van der Waals surface area contributed by atoms with Crippen molar-refractivity contribution in [1.29, 1.82) is 0 Å². The molecule has 0 fully saturated rings. The first-order chi connectivity index (χ1) is 8.87. The molecular weight excluding hydrogens is 240 g/mol. The molecule has 0 bridgehead atoms. The SMILES string of the molecule is CN1CCC(NC(=O)OC(C)(C)C)c2ccccc21. The lowest BCUT2D eigenvalue weighted by atomic mass is 9.97. The number of rotatable bonds is 1. The molecule has 1 N–H and O–H groups in total. The molecular formula is C15H22N2O2. The van der Waals surface area contributed by atoms with E-state index in [4.69, 9.17) is 4.74 Å². The summed E-state index contributed by atoms with van der Waals surface area (Å²) >= 11 is 0. The van der Waals surface area contributed by atoms with Crippen molar-refractivity contribution in [2.45, 2.75) is 38.8 Å². The Balaban J connectivity index is 2.11. The number of amides is 1. The first-order valence-electron chi connectivity index (χ1n) is 6.66. The lowest BCUT2D eigenvalue weighted by molar-refractivity contribution is 0.0500. The van der Waals surface area contributed by atoms with Crippen LogP contribution in [0.3, 0.4) is 0 Å². The minimum atomic E-state index is -0.463. The second-order valence-electron chi connectivity index (χ2n) is 5.97. The van der Waals surface area contributed by atoms with Crippen LogP contribution in [0.4, 0.5) is 10.5 Å². The number of nitrogens with zero attached hydrogens (tertiary/aromatic N) is 1. The first kappa shape index (κ1) is 13.7. The van der Waals surface area contributed by atoms with Gasteiger partial charge < -0.3 is 15.0 Å². The monoisotopic (exact) mass is 262 g/mol. The zero-order chi connectivity index (χ0) is 14.0. The fourth-order valence-electron chi connectivity index (χ4n) is 2.33. The van der Waals surface area contributed by atoms with Gasteiger partial charge in [0.25, 0.3) is 0 Å². The molecule has 4 heteroatoms. The lowest BCUT2D eigenvalue weighted by Crippen LogP contribution is -2.39. The second-order valence-corrected chi connectivity index (χ2v) is 5.97. The van der Waals surface area contributed by atoms with E-state index in [0.29, 0.717) is 0 Å². The number of hydrogen-bond acceptors (Lipinski definition) is 3. The van der Waals surface area contributed by atoms with E-state index in [-0.39, 0.29) is 12.1 Å². The minimum Gasteiger partial charge on any atom is -0.444 e. The van der Waals surface area contributed by atoms with E-state index in [1.807, 2.05) is 32.9 Å². The number of carbonyl (C=O) groups excluding carboxylic acids is 1. The molecule has 104 valence electrons. The molecule has 0 spiro atoms. The van der Waals surface area contributed by atoms with Crippen LogP contribution in [0.2, 0.25) is 0 Å². The zero-order valence-corrected chi connectivity index (χ0v) is 12.1. The van der Waals surface area contributed by atoms with Crippen LogP contribution in [0.1, 0.15) is 38.8 Å². The van der Waals surface area contributed by atoms with Gasteiger partial charge in [0, 0.05) is 19.3 Å². The molecule has 0 radical (unpaired) electrons. The molecule has 0 saturated heterocycles. The van der Waals surface area contributed by atoms with E-state index in [2.05, 4.69) is 29.4 Å². The Morgan fingerprint density at radius 3 is 2.74 bits per heavy atom. The van der Waals surface area contributed by atoms with Crippen molar-refractivity contribution in [2.75, 3.05) is 18.5 Å². The molecule has 0 aliphatic carbocycles. The van der Waals surface area contributed by atoms with Gasteiger partial charge in [-0.05, 0) is 38.8 Å². The summed E-state index contributed by atoms with van der Waals surface area (Å²) in [5.41, 5.74) is 1.87. The van der Waals surface area contributed by atoms with Crippen molar-refractivity contribution in [3.63, 3.8) is 0 Å². The molecule has 4 nitrogen and oxygen atoms in total. The van der Waals surface area contributed by atoms with Gasteiger partial charge >= 0.3 is 6.09 Å². The molecule has 1 aliphatic heterocycles. The molecule has 1 aromatic carbocycles. The van der Waals surface area contributed by atoms with E-state index in [1.54, 1.807) is 0 Å². The predicted octanol–water partition coefficient (Wildman–Crippen LogP) is 3.09. The van der Waals surface area contributed by atoms with Crippen molar-refractivity contribution in [2.24, 2.45) is 0 Å². The van der Waals surface area contributed by atoms with Crippen molar-refractivity contribution in [3.05, 3.63) is 29.8 Å². The Morgan fingerprint density at radius 1 is 1.37 bits per heavy atom. The standard InChI is InChI=1S/C15H22N2O2/c1-15(2,3)19-14(18)16-12-9-10-17(4)13-8-6-5-7-11(12)13/h5-8,12H,9-10H2,1-4H3,(H,16,18). The highest BCUT2D eigenvalue weighted by molar-refractivity contribution is 5.69. The van der Waals surface area contributed by atoms with Gasteiger partial charge in [-0.25, -0.2) is 4.79 Å². The molecule has 0 saturated carbocycles. The third kappa shape index (κ3) is 3.40. The average Bonchev–Trinajstić information content (AvgIpc) is 2.31. The van der Waals surface area contributed by atoms with Crippen molar-refractivity contribution in [1.82, 2.24) is 5.32 Å². The third-order valence-corrected chi connectivity index (χ3v) is 3.17. The van der Waals surface area contributed by atoms with E-state index < -0.39 is 5.60 Å². The largest absolute Gasteiger partial charge is 0.444 e. The summed E-state index contributed by atoms with van der Waals surface area (Å²) < 4.78 is 5.32. The van der Waals surface area contributed by atoms with Gasteiger partial charge in [0.15, 0.2) is 0 Å². The molecule has 1 aliphatic rings. The maximum absolute atomic E-state index is 11.9. The number of benzene rings is 1. The number of fused-ring (bicyclic) bond motifs is 1. The maximum Gasteiger partial charge on any atom is 0.408 e. The van der Waals surface area contributed by atoms with Gasteiger partial charge in [0.05, 0.1) is 6.04 Å². The lowest BCUT2D eigenvalue weighted by Gasteiger charge is -2.33. The summed E-state index contributed by atoms with van der Waals surface area (Å²) in [5.74, 6) is 0. The van der Waals surface area contributed by atoms with E-state index >= 15 is 0 Å². The van der Waals surface area contributed by atoms with Crippen LogP contribution < -0.4 is 10.2 Å². The van der Waals surface area contributed by atoms with Crippen LogP contribution in [-0.4, -0.2) is 25.3 Å². The van der Waals surface area contributed by atoms with Crippen LogP contribution in [0.15, 0.2) is 24.3 Å². The second kappa shape index (κ2) is 5.11. The minimum absolute atomic E-state index is 0.0299. The molecule has 1 aromatic rings. The molecule has 1 amide bonds. The Labute approximate surface area is 114 Å². The van der Waals surface area contributed by atoms with Crippen molar-refractivity contribution in [3.8, 4) is 0 Å². The Kier molecular flexibility index (Phi) is 3.69. The number of alkyl carbamates (subject to hydrolysis) is 1. The van der Waals surface area contributed by atoms with Crippen molar-refractivity contribution < 1.29 is 9.53 Å². The quantitative estimate of drug-likeness (QED) is 0.845. The molecule has 0 aromatic heterocycles. The van der Waals surface area contributed by atoms with Crippen LogP contribution in [-0.2, 0) is 4.74 Å². The summed E-state index contributed by atoms with van der Waals surface area (Å²) in [5, 5.41) is 2.96. The number of anilines is 1. The maximum atomic E-state index is 11.9. The number of ether oxygens (including phenoxy) is 1. The summed E-state index contributed by atoms with van der Waals surface area (Å²) in [6, 6.07) is 8.19. The molecule has 1 heterocycles. The molecule has 1 atom stereocenters. The van der Waals surface area contributed by atoms with Gasteiger partial charge in [0.1, 0.15) is 5.60 Å². The van der Waals surface area contributed by atoms with Gasteiger partial charge in [-0.15, -0.1) is 0 Å². The van der Waals surface area contributed by atoms with Crippen LogP contribution in [0.5, 0.6) is 0 Å². The topological polar surface area (TPSA) is 41.6 Å². The summed E-state index contributed by atoms with van der Waals surface area (Å²) in [7, 11) is 2.07. The first-order valence-corrected chi connectivity index (χ1v) is 6.66. The van der Waals surface area contributed by atoms with E-state index in [9.17, 15) is 4.79 Å². The Hall–Kier alpha value is -1.71. The number of carbonyl (C=O) groups is 1. The smallest absolute Gasteiger partial charge is 0.408 e. The Bertz CT molecular complexity index is 465. The highest BCUT2D eigenvalue weighted by Crippen LogP contribution is 2.32. The number of hydrogen-bond donors (Lipinski definition) is 1. The normalized spacial score (nSPS) is 18.7. The fraction of sp³-hybridized carbons (Fsp3) is 0.533. The van der Waals surface area contributed by atoms with Crippen molar-refractivity contribution >= 4 is 11.8 Å². The predicted molar refractivity (Wildman–Crippen MR) is 76.4 cm³/mol. The fourth-order valence-corrected chi connectivity index (χ4v) is 2.33. The zero-order valence-electron chi connectivity index (χ0n) is 12.1. The van der Waals surface area contributed by atoms with Gasteiger partial charge in [-0.2, -0.15) is 0 Å².